The average Bonchev–Trinajstić information content (AvgIpc) is 2.92. The molecule has 1 saturated heterocycles. The van der Waals surface area contributed by atoms with E-state index < -0.39 is 0 Å². The molecule has 0 N–H and O–H groups in total. The van der Waals surface area contributed by atoms with Gasteiger partial charge in [-0.2, -0.15) is 0 Å². The van der Waals surface area contributed by atoms with Crippen LogP contribution in [0.4, 0.5) is 0 Å². The maximum atomic E-state index is 12.9. The van der Waals surface area contributed by atoms with Gasteiger partial charge in [-0.1, -0.05) is 19.8 Å². The highest BCUT2D eigenvalue weighted by atomic mass is 32.1. The normalized spacial score (nSPS) is 19.0. The van der Waals surface area contributed by atoms with Gasteiger partial charge in [0, 0.05) is 18.9 Å². The molecular weight excluding hydrogens is 294 g/mol. The van der Waals surface area contributed by atoms with Crippen molar-refractivity contribution in [1.82, 2.24) is 14.9 Å². The molecule has 1 aliphatic rings. The fraction of sp³-hybridized carbons (Fsp3) is 0.471. The van der Waals surface area contributed by atoms with Gasteiger partial charge < -0.3 is 4.90 Å². The molecule has 1 amide bonds. The van der Waals surface area contributed by atoms with Gasteiger partial charge in [-0.05, 0) is 37.0 Å². The van der Waals surface area contributed by atoms with Gasteiger partial charge in [0.25, 0.3) is 5.91 Å². The van der Waals surface area contributed by atoms with E-state index in [-0.39, 0.29) is 11.9 Å². The maximum Gasteiger partial charge on any atom is 0.266 e. The molecule has 116 valence electrons. The Morgan fingerprint density at radius 2 is 2.14 bits per heavy atom. The lowest BCUT2D eigenvalue weighted by atomic mass is 10.0. The first-order chi connectivity index (χ1) is 10.8. The number of aryl methyl sites for hydroxylation is 1. The van der Waals surface area contributed by atoms with Crippen LogP contribution in [0.2, 0.25) is 0 Å². The smallest absolute Gasteiger partial charge is 0.266 e. The number of rotatable bonds is 3. The van der Waals surface area contributed by atoms with Gasteiger partial charge in [-0.25, -0.2) is 4.98 Å². The van der Waals surface area contributed by atoms with Crippen LogP contribution in [-0.2, 0) is 6.42 Å². The predicted molar refractivity (Wildman–Crippen MR) is 88.0 cm³/mol. The Morgan fingerprint density at radius 3 is 2.86 bits per heavy atom. The Labute approximate surface area is 135 Å². The SMILES string of the molecule is CCc1ncc(C(=O)N2CCCCC[C@@H]2c2ccncc2)s1. The average molecular weight is 315 g/mol. The molecule has 0 bridgehead atoms. The van der Waals surface area contributed by atoms with Crippen molar-refractivity contribution in [2.45, 2.75) is 45.1 Å². The Bertz CT molecular complexity index is 626. The van der Waals surface area contributed by atoms with Crippen LogP contribution < -0.4 is 0 Å². The van der Waals surface area contributed by atoms with E-state index in [1.54, 1.807) is 6.20 Å². The predicted octanol–water partition coefficient (Wildman–Crippen LogP) is 3.86. The van der Waals surface area contributed by atoms with Crippen LogP contribution in [-0.4, -0.2) is 27.3 Å². The van der Waals surface area contributed by atoms with E-state index in [1.165, 1.54) is 29.7 Å². The van der Waals surface area contributed by atoms with E-state index in [2.05, 4.69) is 16.9 Å². The molecule has 1 fully saturated rings. The molecule has 5 heteroatoms. The molecule has 3 heterocycles. The molecule has 1 atom stereocenters. The van der Waals surface area contributed by atoms with Crippen molar-refractivity contribution in [3.05, 3.63) is 46.2 Å². The molecule has 3 rings (SSSR count). The molecule has 0 saturated carbocycles. The van der Waals surface area contributed by atoms with E-state index in [0.29, 0.717) is 0 Å². The van der Waals surface area contributed by atoms with E-state index in [0.717, 1.165) is 35.7 Å². The molecule has 2 aromatic heterocycles. The van der Waals surface area contributed by atoms with Crippen molar-refractivity contribution in [2.24, 2.45) is 0 Å². The van der Waals surface area contributed by atoms with Crippen LogP contribution in [0.15, 0.2) is 30.7 Å². The summed E-state index contributed by atoms with van der Waals surface area (Å²) in [6, 6.07) is 4.21. The number of pyridine rings is 1. The second kappa shape index (κ2) is 7.01. The first-order valence-corrected chi connectivity index (χ1v) is 8.77. The highest BCUT2D eigenvalue weighted by Gasteiger charge is 2.28. The summed E-state index contributed by atoms with van der Waals surface area (Å²) in [6.07, 6.45) is 10.7. The van der Waals surface area contributed by atoms with Crippen molar-refractivity contribution in [3.63, 3.8) is 0 Å². The van der Waals surface area contributed by atoms with Crippen LogP contribution in [0.1, 0.15) is 58.9 Å². The number of amides is 1. The van der Waals surface area contributed by atoms with Crippen LogP contribution >= 0.6 is 11.3 Å². The van der Waals surface area contributed by atoms with Gasteiger partial charge in [0.2, 0.25) is 0 Å². The van der Waals surface area contributed by atoms with Gasteiger partial charge >= 0.3 is 0 Å². The molecule has 4 nitrogen and oxygen atoms in total. The van der Waals surface area contributed by atoms with Gasteiger partial charge in [-0.3, -0.25) is 9.78 Å². The number of hydrogen-bond donors (Lipinski definition) is 0. The topological polar surface area (TPSA) is 46.1 Å². The number of thiazole rings is 1. The molecule has 0 aliphatic carbocycles. The maximum absolute atomic E-state index is 12.9. The number of carbonyl (C=O) groups is 1. The van der Waals surface area contributed by atoms with Crippen LogP contribution in [0.5, 0.6) is 0 Å². The van der Waals surface area contributed by atoms with Crippen molar-refractivity contribution < 1.29 is 4.79 Å². The van der Waals surface area contributed by atoms with Crippen molar-refractivity contribution in [2.75, 3.05) is 6.54 Å². The number of hydrogen-bond acceptors (Lipinski definition) is 4. The minimum absolute atomic E-state index is 0.126. The van der Waals surface area contributed by atoms with E-state index in [1.807, 2.05) is 29.4 Å². The monoisotopic (exact) mass is 315 g/mol. The zero-order valence-corrected chi connectivity index (χ0v) is 13.7. The molecule has 22 heavy (non-hydrogen) atoms. The number of nitrogens with zero attached hydrogens (tertiary/aromatic N) is 3. The van der Waals surface area contributed by atoms with Gasteiger partial charge in [0.05, 0.1) is 17.2 Å². The lowest BCUT2D eigenvalue weighted by molar-refractivity contribution is 0.0685. The van der Waals surface area contributed by atoms with E-state index in [9.17, 15) is 4.79 Å². The zero-order valence-electron chi connectivity index (χ0n) is 12.9. The highest BCUT2D eigenvalue weighted by molar-refractivity contribution is 7.13. The molecular formula is C17H21N3OS. The summed E-state index contributed by atoms with van der Waals surface area (Å²) in [6.45, 7) is 2.89. The highest BCUT2D eigenvalue weighted by Crippen LogP contribution is 2.31. The summed E-state index contributed by atoms with van der Waals surface area (Å²) >= 11 is 1.52. The lowest BCUT2D eigenvalue weighted by Gasteiger charge is -2.30. The largest absolute Gasteiger partial charge is 0.331 e. The second-order valence-electron chi connectivity index (χ2n) is 5.62. The van der Waals surface area contributed by atoms with Crippen molar-refractivity contribution in [1.29, 1.82) is 0 Å². The summed E-state index contributed by atoms with van der Waals surface area (Å²) in [5.41, 5.74) is 1.19. The number of aromatic nitrogens is 2. The fourth-order valence-electron chi connectivity index (χ4n) is 3.00. The van der Waals surface area contributed by atoms with Crippen LogP contribution in [0.3, 0.4) is 0 Å². The molecule has 0 spiro atoms. The molecule has 2 aromatic rings. The lowest BCUT2D eigenvalue weighted by Crippen LogP contribution is -2.34. The fourth-order valence-corrected chi connectivity index (χ4v) is 3.81. The first kappa shape index (κ1) is 15.2. The first-order valence-electron chi connectivity index (χ1n) is 7.95. The number of carbonyl (C=O) groups excluding carboxylic acids is 1. The summed E-state index contributed by atoms with van der Waals surface area (Å²) in [5, 5.41) is 1.03. The van der Waals surface area contributed by atoms with Crippen molar-refractivity contribution in [3.8, 4) is 0 Å². The van der Waals surface area contributed by atoms with Gasteiger partial charge in [-0.15, -0.1) is 11.3 Å². The van der Waals surface area contributed by atoms with Gasteiger partial charge in [0.15, 0.2) is 0 Å². The Balaban J connectivity index is 1.88. The Kier molecular flexibility index (Phi) is 4.83. The number of likely N-dealkylation sites (tertiary alicyclic amines) is 1. The zero-order chi connectivity index (χ0) is 15.4. The van der Waals surface area contributed by atoms with Crippen LogP contribution in [0, 0.1) is 0 Å². The van der Waals surface area contributed by atoms with Crippen LogP contribution in [0.25, 0.3) is 0 Å². The molecule has 0 unspecified atom stereocenters. The quantitative estimate of drug-likeness (QED) is 0.864. The molecule has 1 aliphatic heterocycles. The van der Waals surface area contributed by atoms with E-state index in [4.69, 9.17) is 0 Å². The third-order valence-corrected chi connectivity index (χ3v) is 5.30. The summed E-state index contributed by atoms with van der Waals surface area (Å²) in [4.78, 5) is 24.2. The summed E-state index contributed by atoms with van der Waals surface area (Å²) in [5.74, 6) is 0.126. The standard InChI is InChI=1S/C17H21N3OS/c1-2-16-19-12-15(22-16)17(21)20-11-5-3-4-6-14(20)13-7-9-18-10-8-13/h7-10,12,14H,2-6,11H2,1H3/t14-/m1/s1. The molecule has 0 aromatic carbocycles. The minimum Gasteiger partial charge on any atom is -0.331 e. The third-order valence-electron chi connectivity index (χ3n) is 4.17. The summed E-state index contributed by atoms with van der Waals surface area (Å²) in [7, 11) is 0. The minimum atomic E-state index is 0.126. The Hall–Kier alpha value is -1.75. The summed E-state index contributed by atoms with van der Waals surface area (Å²) < 4.78 is 0. The molecule has 0 radical (unpaired) electrons. The van der Waals surface area contributed by atoms with Crippen molar-refractivity contribution >= 4 is 17.2 Å². The third kappa shape index (κ3) is 3.19. The Morgan fingerprint density at radius 1 is 1.32 bits per heavy atom. The van der Waals surface area contributed by atoms with Gasteiger partial charge in [0.1, 0.15) is 4.88 Å². The second-order valence-corrected chi connectivity index (χ2v) is 6.73. The van der Waals surface area contributed by atoms with E-state index >= 15 is 0 Å².